The van der Waals surface area contributed by atoms with Gasteiger partial charge in [0.25, 0.3) is 0 Å². The molecule has 3 rings (SSSR count). The average Bonchev–Trinajstić information content (AvgIpc) is 2.76. The highest BCUT2D eigenvalue weighted by Gasteiger charge is 1.95. The van der Waals surface area contributed by atoms with Crippen LogP contribution in [0, 0.1) is 0 Å². The molecule has 2 aromatic carbocycles. The molecule has 0 bridgehead atoms. The van der Waals surface area contributed by atoms with Crippen molar-refractivity contribution in [2.45, 2.75) is 4.90 Å². The number of hydrogen-bond donors (Lipinski definition) is 3. The molecule has 2 nitrogen and oxygen atoms in total. The van der Waals surface area contributed by atoms with Crippen LogP contribution in [0.3, 0.4) is 0 Å². The molecule has 0 spiro atoms. The largest absolute Gasteiger partial charge is 0.397 e. The first-order valence-corrected chi connectivity index (χ1v) is 6.25. The van der Waals surface area contributed by atoms with E-state index in [4.69, 9.17) is 17.3 Å². The maximum Gasteiger partial charge on any atom is 0.0571 e. The van der Waals surface area contributed by atoms with Crippen LogP contribution >= 0.6 is 24.2 Å². The SMILES string of the molecule is Nc1c[nH]c2ccccc12.Sc1ccc(Cl)cc1. The fraction of sp³-hybridized carbons (Fsp3) is 0. The number of aromatic amines is 1. The summed E-state index contributed by atoms with van der Waals surface area (Å²) in [4.78, 5) is 4.00. The van der Waals surface area contributed by atoms with Crippen LogP contribution in [0.1, 0.15) is 0 Å². The van der Waals surface area contributed by atoms with Crippen molar-refractivity contribution < 1.29 is 0 Å². The van der Waals surface area contributed by atoms with Crippen LogP contribution in [0.15, 0.2) is 59.6 Å². The molecule has 18 heavy (non-hydrogen) atoms. The number of anilines is 1. The number of fused-ring (bicyclic) bond motifs is 1. The Balaban J connectivity index is 0.000000138. The van der Waals surface area contributed by atoms with Gasteiger partial charge in [0.15, 0.2) is 0 Å². The molecule has 0 unspecified atom stereocenters. The highest BCUT2D eigenvalue weighted by molar-refractivity contribution is 7.80. The lowest BCUT2D eigenvalue weighted by atomic mass is 10.2. The molecule has 0 aliphatic heterocycles. The maximum atomic E-state index is 5.64. The molecule has 0 radical (unpaired) electrons. The summed E-state index contributed by atoms with van der Waals surface area (Å²) in [6.45, 7) is 0. The Bertz CT molecular complexity index is 611. The minimum atomic E-state index is 0.753. The average molecular weight is 277 g/mol. The third-order valence-electron chi connectivity index (χ3n) is 2.45. The first kappa shape index (κ1) is 12.9. The van der Waals surface area contributed by atoms with Crippen LogP contribution in [-0.4, -0.2) is 4.98 Å². The van der Waals surface area contributed by atoms with Gasteiger partial charge in [-0.05, 0) is 30.3 Å². The fourth-order valence-corrected chi connectivity index (χ4v) is 1.81. The lowest BCUT2D eigenvalue weighted by molar-refractivity contribution is 1.48. The monoisotopic (exact) mass is 276 g/mol. The van der Waals surface area contributed by atoms with Crippen LogP contribution in [-0.2, 0) is 0 Å². The van der Waals surface area contributed by atoms with Gasteiger partial charge in [-0.3, -0.25) is 0 Å². The molecule has 3 aromatic rings. The number of nitrogens with one attached hydrogen (secondary N) is 1. The summed E-state index contributed by atoms with van der Waals surface area (Å²) in [6, 6.07) is 15.3. The van der Waals surface area contributed by atoms with Crippen LogP contribution in [0.2, 0.25) is 5.02 Å². The van der Waals surface area contributed by atoms with E-state index in [0.717, 1.165) is 26.5 Å². The van der Waals surface area contributed by atoms with Gasteiger partial charge in [-0.2, -0.15) is 0 Å². The minimum absolute atomic E-state index is 0.753. The predicted octanol–water partition coefficient (Wildman–Crippen LogP) is 4.38. The second kappa shape index (κ2) is 5.85. The van der Waals surface area contributed by atoms with E-state index >= 15 is 0 Å². The molecule has 1 aromatic heterocycles. The van der Waals surface area contributed by atoms with Gasteiger partial charge in [-0.25, -0.2) is 0 Å². The number of H-pyrrole nitrogens is 1. The van der Waals surface area contributed by atoms with Gasteiger partial charge in [0.1, 0.15) is 0 Å². The van der Waals surface area contributed by atoms with Crippen molar-refractivity contribution >= 4 is 40.8 Å². The topological polar surface area (TPSA) is 41.8 Å². The Morgan fingerprint density at radius 3 is 2.28 bits per heavy atom. The molecule has 0 aliphatic carbocycles. The van der Waals surface area contributed by atoms with Gasteiger partial charge in [-0.15, -0.1) is 12.6 Å². The number of hydrogen-bond acceptors (Lipinski definition) is 2. The predicted molar refractivity (Wildman–Crippen MR) is 81.4 cm³/mol. The van der Waals surface area contributed by atoms with E-state index in [9.17, 15) is 0 Å². The quantitative estimate of drug-likeness (QED) is 0.524. The molecule has 0 fully saturated rings. The van der Waals surface area contributed by atoms with E-state index in [-0.39, 0.29) is 0 Å². The van der Waals surface area contributed by atoms with Gasteiger partial charge in [0, 0.05) is 27.0 Å². The Morgan fingerprint density at radius 2 is 1.67 bits per heavy atom. The van der Waals surface area contributed by atoms with E-state index in [1.165, 1.54) is 0 Å². The zero-order valence-electron chi connectivity index (χ0n) is 9.60. The van der Waals surface area contributed by atoms with Crippen LogP contribution in [0.25, 0.3) is 10.9 Å². The zero-order chi connectivity index (χ0) is 13.0. The molecule has 0 aliphatic rings. The molecule has 0 atom stereocenters. The summed E-state index contributed by atoms with van der Waals surface area (Å²) >= 11 is 9.65. The van der Waals surface area contributed by atoms with Gasteiger partial charge < -0.3 is 10.7 Å². The molecule has 0 saturated carbocycles. The van der Waals surface area contributed by atoms with E-state index in [0.29, 0.717) is 0 Å². The summed E-state index contributed by atoms with van der Waals surface area (Å²) in [7, 11) is 0. The Hall–Kier alpha value is -1.58. The summed E-state index contributed by atoms with van der Waals surface area (Å²) < 4.78 is 0. The van der Waals surface area contributed by atoms with Crippen molar-refractivity contribution in [1.29, 1.82) is 0 Å². The summed E-state index contributed by atoms with van der Waals surface area (Å²) in [5.41, 5.74) is 7.56. The van der Waals surface area contributed by atoms with Gasteiger partial charge in [0.05, 0.1) is 5.69 Å². The molecule has 92 valence electrons. The number of halogens is 1. The number of aromatic nitrogens is 1. The first-order chi connectivity index (χ1) is 8.66. The van der Waals surface area contributed by atoms with Crippen molar-refractivity contribution in [3.05, 3.63) is 59.8 Å². The molecule has 3 N–H and O–H groups in total. The second-order valence-corrected chi connectivity index (χ2v) is 4.72. The summed E-state index contributed by atoms with van der Waals surface area (Å²) in [5, 5.41) is 1.85. The van der Waals surface area contributed by atoms with Crippen molar-refractivity contribution in [3.63, 3.8) is 0 Å². The van der Waals surface area contributed by atoms with Crippen LogP contribution < -0.4 is 5.73 Å². The van der Waals surface area contributed by atoms with E-state index in [2.05, 4.69) is 17.6 Å². The van der Waals surface area contributed by atoms with Crippen molar-refractivity contribution in [2.75, 3.05) is 5.73 Å². The van der Waals surface area contributed by atoms with E-state index in [1.54, 1.807) is 0 Å². The first-order valence-electron chi connectivity index (χ1n) is 5.43. The minimum Gasteiger partial charge on any atom is -0.397 e. The Kier molecular flexibility index (Phi) is 4.18. The fourth-order valence-electron chi connectivity index (χ4n) is 1.54. The Morgan fingerprint density at radius 1 is 1.00 bits per heavy atom. The van der Waals surface area contributed by atoms with Crippen molar-refractivity contribution in [2.24, 2.45) is 0 Å². The van der Waals surface area contributed by atoms with Crippen molar-refractivity contribution in [3.8, 4) is 0 Å². The van der Waals surface area contributed by atoms with Gasteiger partial charge in [-0.1, -0.05) is 29.8 Å². The normalized spacial score (nSPS) is 9.89. The molecule has 0 saturated heterocycles. The maximum absolute atomic E-state index is 5.64. The molecule has 1 heterocycles. The number of thiol groups is 1. The smallest absolute Gasteiger partial charge is 0.0571 e. The number of para-hydroxylation sites is 1. The van der Waals surface area contributed by atoms with Crippen molar-refractivity contribution in [1.82, 2.24) is 4.98 Å². The highest BCUT2D eigenvalue weighted by Crippen LogP contribution is 2.18. The molecular formula is C14H13ClN2S. The summed E-state index contributed by atoms with van der Waals surface area (Å²) in [6.07, 6.45) is 1.81. The molecule has 4 heteroatoms. The third-order valence-corrected chi connectivity index (χ3v) is 3.00. The number of benzene rings is 2. The van der Waals surface area contributed by atoms with E-state index < -0.39 is 0 Å². The lowest BCUT2D eigenvalue weighted by Crippen LogP contribution is -1.78. The summed E-state index contributed by atoms with van der Waals surface area (Å²) in [5.74, 6) is 0. The number of rotatable bonds is 0. The van der Waals surface area contributed by atoms with Crippen LogP contribution in [0.5, 0.6) is 0 Å². The van der Waals surface area contributed by atoms with Gasteiger partial charge >= 0.3 is 0 Å². The molecule has 0 amide bonds. The van der Waals surface area contributed by atoms with Gasteiger partial charge in [0.2, 0.25) is 0 Å². The lowest BCUT2D eigenvalue weighted by Gasteiger charge is -1.87. The Labute approximate surface area is 116 Å². The number of nitrogen functional groups attached to an aromatic ring is 1. The second-order valence-electron chi connectivity index (χ2n) is 3.77. The number of nitrogens with two attached hydrogens (primary N) is 1. The van der Waals surface area contributed by atoms with E-state index in [1.807, 2.05) is 54.7 Å². The highest BCUT2D eigenvalue weighted by atomic mass is 35.5. The standard InChI is InChI=1S/C8H8N2.C6H5ClS/c9-7-5-10-8-4-2-1-3-6(7)8;7-5-1-3-6(8)4-2-5/h1-5,10H,9H2;1-4,8H. The van der Waals surface area contributed by atoms with Crippen LogP contribution in [0.4, 0.5) is 5.69 Å². The zero-order valence-corrected chi connectivity index (χ0v) is 11.2. The third kappa shape index (κ3) is 3.22. The molecular weight excluding hydrogens is 264 g/mol.